The van der Waals surface area contributed by atoms with E-state index in [0.29, 0.717) is 5.92 Å². The third-order valence-corrected chi connectivity index (χ3v) is 3.68. The number of nitrogens with two attached hydrogens (primary N) is 2. The van der Waals surface area contributed by atoms with Crippen molar-refractivity contribution < 1.29 is 0 Å². The first-order valence-corrected chi connectivity index (χ1v) is 5.69. The molecule has 0 spiro atoms. The van der Waals surface area contributed by atoms with Crippen LogP contribution in [-0.4, -0.2) is 5.66 Å². The molecule has 1 unspecified atom stereocenters. The van der Waals surface area contributed by atoms with E-state index in [1.807, 2.05) is 0 Å². The molecule has 78 valence electrons. The van der Waals surface area contributed by atoms with Crippen molar-refractivity contribution in [2.45, 2.75) is 58.0 Å². The zero-order chi connectivity index (χ0) is 9.90. The molecule has 2 nitrogen and oxygen atoms in total. The molecule has 1 aliphatic carbocycles. The van der Waals surface area contributed by atoms with Crippen LogP contribution in [0.2, 0.25) is 0 Å². The molecule has 0 aliphatic heterocycles. The molecule has 1 atom stereocenters. The lowest BCUT2D eigenvalue weighted by molar-refractivity contribution is 0.123. The van der Waals surface area contributed by atoms with Gasteiger partial charge in [0.1, 0.15) is 0 Å². The first-order valence-electron chi connectivity index (χ1n) is 5.69. The Kier molecular flexibility index (Phi) is 3.74. The molecular formula is C11H24N2. The van der Waals surface area contributed by atoms with Gasteiger partial charge >= 0.3 is 0 Å². The topological polar surface area (TPSA) is 52.0 Å². The van der Waals surface area contributed by atoms with Crippen LogP contribution in [0.3, 0.4) is 0 Å². The van der Waals surface area contributed by atoms with E-state index in [1.54, 1.807) is 0 Å². The van der Waals surface area contributed by atoms with Crippen molar-refractivity contribution in [2.24, 2.45) is 23.3 Å². The van der Waals surface area contributed by atoms with Crippen LogP contribution in [0.25, 0.3) is 0 Å². The predicted molar refractivity (Wildman–Crippen MR) is 57.1 cm³/mol. The van der Waals surface area contributed by atoms with Crippen molar-refractivity contribution in [3.05, 3.63) is 0 Å². The lowest BCUT2D eigenvalue weighted by atomic mass is 9.71. The maximum Gasteiger partial charge on any atom is 0.0668 e. The Hall–Kier alpha value is -0.0800. The van der Waals surface area contributed by atoms with Gasteiger partial charge in [0.15, 0.2) is 0 Å². The Bertz CT molecular complexity index is 150. The maximum atomic E-state index is 6.15. The summed E-state index contributed by atoms with van der Waals surface area (Å²) in [6, 6.07) is 0. The summed E-state index contributed by atoms with van der Waals surface area (Å²) in [4.78, 5) is 0. The largest absolute Gasteiger partial charge is 0.313 e. The van der Waals surface area contributed by atoms with Crippen molar-refractivity contribution in [2.75, 3.05) is 0 Å². The smallest absolute Gasteiger partial charge is 0.0668 e. The van der Waals surface area contributed by atoms with Crippen molar-refractivity contribution in [1.29, 1.82) is 0 Å². The summed E-state index contributed by atoms with van der Waals surface area (Å²) in [5, 5.41) is 0. The summed E-state index contributed by atoms with van der Waals surface area (Å²) in [6.45, 7) is 4.50. The lowest BCUT2D eigenvalue weighted by Gasteiger charge is -2.42. The van der Waals surface area contributed by atoms with Crippen molar-refractivity contribution in [1.82, 2.24) is 0 Å². The first kappa shape index (κ1) is 11.0. The van der Waals surface area contributed by atoms with Crippen LogP contribution in [0.1, 0.15) is 52.4 Å². The zero-order valence-electron chi connectivity index (χ0n) is 9.05. The van der Waals surface area contributed by atoms with E-state index in [9.17, 15) is 0 Å². The average Bonchev–Trinajstić information content (AvgIpc) is 2.09. The molecule has 4 N–H and O–H groups in total. The van der Waals surface area contributed by atoms with Gasteiger partial charge in [0.25, 0.3) is 0 Å². The highest BCUT2D eigenvalue weighted by Gasteiger charge is 2.37. The summed E-state index contributed by atoms with van der Waals surface area (Å²) in [7, 11) is 0. The minimum absolute atomic E-state index is 0.380. The molecule has 0 radical (unpaired) electrons. The van der Waals surface area contributed by atoms with Gasteiger partial charge in [-0.2, -0.15) is 0 Å². The van der Waals surface area contributed by atoms with Crippen LogP contribution in [-0.2, 0) is 0 Å². The van der Waals surface area contributed by atoms with Gasteiger partial charge in [-0.05, 0) is 24.7 Å². The number of rotatable bonds is 3. The highest BCUT2D eigenvalue weighted by atomic mass is 15.0. The Morgan fingerprint density at radius 3 is 2.31 bits per heavy atom. The molecule has 1 aliphatic rings. The van der Waals surface area contributed by atoms with Crippen molar-refractivity contribution in [3.8, 4) is 0 Å². The summed E-state index contributed by atoms with van der Waals surface area (Å²) in [5.74, 6) is 1.28. The molecule has 0 saturated heterocycles. The van der Waals surface area contributed by atoms with E-state index in [0.717, 1.165) is 12.3 Å². The molecule has 1 rings (SSSR count). The van der Waals surface area contributed by atoms with Crippen LogP contribution in [0.5, 0.6) is 0 Å². The normalized spacial score (nSPS) is 27.9. The molecule has 0 amide bonds. The van der Waals surface area contributed by atoms with Gasteiger partial charge in [0, 0.05) is 0 Å². The highest BCUT2D eigenvalue weighted by molar-refractivity contribution is 4.91. The molecular weight excluding hydrogens is 160 g/mol. The summed E-state index contributed by atoms with van der Waals surface area (Å²) >= 11 is 0. The summed E-state index contributed by atoms with van der Waals surface area (Å²) in [5.41, 5.74) is 11.9. The fourth-order valence-corrected chi connectivity index (χ4v) is 2.78. The van der Waals surface area contributed by atoms with E-state index in [1.165, 1.54) is 32.1 Å². The van der Waals surface area contributed by atoms with Gasteiger partial charge in [-0.1, -0.05) is 39.5 Å². The van der Waals surface area contributed by atoms with Gasteiger partial charge in [-0.3, -0.25) is 0 Å². The maximum absolute atomic E-state index is 6.15. The molecule has 1 saturated carbocycles. The molecule has 0 aromatic rings. The minimum Gasteiger partial charge on any atom is -0.313 e. The summed E-state index contributed by atoms with van der Waals surface area (Å²) < 4.78 is 0. The first-order chi connectivity index (χ1) is 6.11. The molecule has 0 bridgehead atoms. The van der Waals surface area contributed by atoms with Gasteiger partial charge in [-0.15, -0.1) is 0 Å². The van der Waals surface area contributed by atoms with Crippen LogP contribution in [0.4, 0.5) is 0 Å². The molecule has 13 heavy (non-hydrogen) atoms. The van der Waals surface area contributed by atoms with Gasteiger partial charge in [-0.25, -0.2) is 0 Å². The van der Waals surface area contributed by atoms with E-state index in [4.69, 9.17) is 11.5 Å². The number of hydrogen-bond donors (Lipinski definition) is 2. The minimum atomic E-state index is -0.380. The van der Waals surface area contributed by atoms with E-state index >= 15 is 0 Å². The number of hydrogen-bond acceptors (Lipinski definition) is 2. The van der Waals surface area contributed by atoms with E-state index < -0.39 is 0 Å². The summed E-state index contributed by atoms with van der Waals surface area (Å²) in [6.07, 6.45) is 7.21. The second kappa shape index (κ2) is 4.43. The SMILES string of the molecule is CCC(CC)C1CCCCC1(N)N. The molecule has 2 heteroatoms. The van der Waals surface area contributed by atoms with E-state index in [-0.39, 0.29) is 5.66 Å². The van der Waals surface area contributed by atoms with Gasteiger partial charge in [0.2, 0.25) is 0 Å². The molecule has 0 aromatic heterocycles. The van der Waals surface area contributed by atoms with Crippen LogP contribution in [0, 0.1) is 11.8 Å². The Balaban J connectivity index is 2.63. The Morgan fingerprint density at radius 2 is 1.85 bits per heavy atom. The lowest BCUT2D eigenvalue weighted by Crippen LogP contribution is -2.59. The van der Waals surface area contributed by atoms with Crippen LogP contribution < -0.4 is 11.5 Å². The molecule has 0 aromatic carbocycles. The van der Waals surface area contributed by atoms with Crippen molar-refractivity contribution in [3.63, 3.8) is 0 Å². The van der Waals surface area contributed by atoms with Gasteiger partial charge in [0.05, 0.1) is 5.66 Å². The predicted octanol–water partition coefficient (Wildman–Crippen LogP) is 2.23. The average molecular weight is 184 g/mol. The standard InChI is InChI=1S/C11H24N2/c1-3-9(4-2)10-7-5-6-8-11(10,12)13/h9-10H,3-8,12-13H2,1-2H3. The molecule has 1 fully saturated rings. The Morgan fingerprint density at radius 1 is 1.23 bits per heavy atom. The van der Waals surface area contributed by atoms with Crippen LogP contribution in [0.15, 0.2) is 0 Å². The van der Waals surface area contributed by atoms with Crippen LogP contribution >= 0.6 is 0 Å². The fraction of sp³-hybridized carbons (Fsp3) is 1.00. The second-order valence-corrected chi connectivity index (χ2v) is 4.54. The zero-order valence-corrected chi connectivity index (χ0v) is 9.05. The monoisotopic (exact) mass is 184 g/mol. The fourth-order valence-electron chi connectivity index (χ4n) is 2.78. The highest BCUT2D eigenvalue weighted by Crippen LogP contribution is 2.36. The van der Waals surface area contributed by atoms with E-state index in [2.05, 4.69) is 13.8 Å². The Labute approximate surface area is 82.1 Å². The quantitative estimate of drug-likeness (QED) is 0.661. The third kappa shape index (κ3) is 2.44. The third-order valence-electron chi connectivity index (χ3n) is 3.68. The molecule has 0 heterocycles. The van der Waals surface area contributed by atoms with Crippen molar-refractivity contribution >= 4 is 0 Å². The second-order valence-electron chi connectivity index (χ2n) is 4.54. The van der Waals surface area contributed by atoms with Gasteiger partial charge < -0.3 is 11.5 Å².